The zero-order chi connectivity index (χ0) is 46.0. The molecule has 2 aliphatic carbocycles. The molecule has 2 aliphatic rings. The third-order valence-corrected chi connectivity index (χ3v) is 9.65. The topological polar surface area (TPSA) is 111 Å². The first-order chi connectivity index (χ1) is 26.2. The quantitative estimate of drug-likeness (QED) is 0.0743. The summed E-state index contributed by atoms with van der Waals surface area (Å²) in [4.78, 5) is 68.5. The highest BCUT2D eigenvalue weighted by molar-refractivity contribution is 4.95. The predicted octanol–water partition coefficient (Wildman–Crippen LogP) is 13.2. The molecule has 0 saturated heterocycles. The van der Waals surface area contributed by atoms with Crippen LogP contribution in [0.1, 0.15) is 223 Å². The molecule has 0 aromatic carbocycles. The second kappa shape index (κ2) is 21.9. The molecule has 0 bridgehead atoms. The minimum Gasteiger partial charge on any atom is -0.236 e. The molecule has 1 unspecified atom stereocenters. The van der Waals surface area contributed by atoms with Crippen LogP contribution in [-0.4, -0.2) is 63.3 Å². The van der Waals surface area contributed by atoms with E-state index in [9.17, 15) is 0 Å². The van der Waals surface area contributed by atoms with E-state index < -0.39 is 17.0 Å². The van der Waals surface area contributed by atoms with Crippen molar-refractivity contribution in [1.29, 1.82) is 0 Å². The molecule has 0 N–H and O–H groups in total. The second-order valence-electron chi connectivity index (χ2n) is 24.5. The summed E-state index contributed by atoms with van der Waals surface area (Å²) in [5.74, 6) is -0.0678. The lowest BCUT2D eigenvalue weighted by Gasteiger charge is -2.49. The van der Waals surface area contributed by atoms with E-state index in [2.05, 4.69) is 6.92 Å². The Morgan fingerprint density at radius 2 is 0.712 bits per heavy atom. The van der Waals surface area contributed by atoms with Gasteiger partial charge in [-0.1, -0.05) is 6.92 Å². The summed E-state index contributed by atoms with van der Waals surface area (Å²) in [5, 5.41) is 0. The van der Waals surface area contributed by atoms with Crippen molar-refractivity contribution in [1.82, 2.24) is 0 Å². The maximum Gasteiger partial charge on any atom is 0.234 e. The normalized spacial score (nSPS) is 21.8. The van der Waals surface area contributed by atoms with E-state index in [1.165, 1.54) is 0 Å². The van der Waals surface area contributed by atoms with E-state index in [0.717, 1.165) is 51.4 Å². The summed E-state index contributed by atoms with van der Waals surface area (Å²) < 4.78 is 0. The molecular weight excluding hydrogens is 757 g/mol. The van der Waals surface area contributed by atoms with Crippen LogP contribution in [0.2, 0.25) is 0 Å². The van der Waals surface area contributed by atoms with Gasteiger partial charge in [-0.25, -0.2) is 48.9 Å². The van der Waals surface area contributed by atoms with E-state index >= 15 is 0 Å². The molecule has 0 aliphatic heterocycles. The molecule has 0 heterocycles. The molecular formula is C47H94O12. The van der Waals surface area contributed by atoms with Crippen molar-refractivity contribution in [2.75, 3.05) is 6.61 Å². The van der Waals surface area contributed by atoms with Gasteiger partial charge in [-0.15, -0.1) is 0 Å². The van der Waals surface area contributed by atoms with Gasteiger partial charge in [-0.3, -0.25) is 0 Å². The molecule has 0 aromatic heterocycles. The molecule has 2 rings (SSSR count). The average Bonchev–Trinajstić information content (AvgIpc) is 3.05. The third kappa shape index (κ3) is 26.0. The average molecular weight is 851 g/mol. The molecule has 12 heteroatoms. The lowest BCUT2D eigenvalue weighted by atomic mass is 9.59. The van der Waals surface area contributed by atoms with E-state index in [1.54, 1.807) is 0 Å². The molecule has 0 aromatic rings. The highest BCUT2D eigenvalue weighted by Crippen LogP contribution is 2.52. The van der Waals surface area contributed by atoms with Crippen molar-refractivity contribution in [2.24, 2.45) is 17.3 Å². The summed E-state index contributed by atoms with van der Waals surface area (Å²) in [6, 6.07) is 0. The van der Waals surface area contributed by atoms with Crippen LogP contribution in [0.4, 0.5) is 0 Å². The Bertz CT molecular complexity index is 1110. The first-order valence-electron chi connectivity index (χ1n) is 22.4. The van der Waals surface area contributed by atoms with Crippen LogP contribution in [0.15, 0.2) is 0 Å². The van der Waals surface area contributed by atoms with Gasteiger partial charge in [-0.2, -0.15) is 9.78 Å². The highest BCUT2D eigenvalue weighted by Gasteiger charge is 2.50. The van der Waals surface area contributed by atoms with Crippen LogP contribution in [-0.2, 0) is 58.7 Å². The minimum atomic E-state index is -0.948. The fraction of sp³-hybridized carbons (Fsp3) is 1.00. The molecule has 2 saturated carbocycles. The van der Waals surface area contributed by atoms with Crippen molar-refractivity contribution >= 4 is 0 Å². The molecule has 59 heavy (non-hydrogen) atoms. The van der Waals surface area contributed by atoms with Crippen LogP contribution in [0, 0.1) is 17.3 Å². The summed E-state index contributed by atoms with van der Waals surface area (Å²) in [6.45, 7) is 46.6. The van der Waals surface area contributed by atoms with E-state index in [-0.39, 0.29) is 45.1 Å². The minimum absolute atomic E-state index is 0.0803. The molecule has 0 radical (unpaired) electrons. The van der Waals surface area contributed by atoms with Crippen molar-refractivity contribution in [3.63, 3.8) is 0 Å². The van der Waals surface area contributed by atoms with Crippen LogP contribution in [0.5, 0.6) is 0 Å². The molecule has 12 nitrogen and oxygen atoms in total. The van der Waals surface area contributed by atoms with Gasteiger partial charge in [0.1, 0.15) is 0 Å². The van der Waals surface area contributed by atoms with Gasteiger partial charge in [0.15, 0.2) is 0 Å². The van der Waals surface area contributed by atoms with Gasteiger partial charge < -0.3 is 0 Å². The Hall–Kier alpha value is -0.480. The summed E-state index contributed by atoms with van der Waals surface area (Å²) in [7, 11) is 0. The van der Waals surface area contributed by atoms with Gasteiger partial charge in [0, 0.05) is 12.8 Å². The number of rotatable bonds is 18. The smallest absolute Gasteiger partial charge is 0.234 e. The lowest BCUT2D eigenvalue weighted by molar-refractivity contribution is -0.547. The number of hydrogen-bond donors (Lipinski definition) is 0. The first kappa shape index (κ1) is 56.5. The van der Waals surface area contributed by atoms with Crippen molar-refractivity contribution in [2.45, 2.75) is 280 Å². The maximum absolute atomic E-state index is 6.00. The third-order valence-electron chi connectivity index (χ3n) is 9.65. The van der Waals surface area contributed by atoms with Gasteiger partial charge in [0.05, 0.1) is 57.5 Å². The van der Waals surface area contributed by atoms with E-state index in [4.69, 9.17) is 58.7 Å². The highest BCUT2D eigenvalue weighted by atomic mass is 17.3. The van der Waals surface area contributed by atoms with E-state index in [0.29, 0.717) is 31.3 Å². The van der Waals surface area contributed by atoms with Crippen molar-refractivity contribution in [3.8, 4) is 0 Å². The SMILES string of the molecule is CC(C)(C)OOC(C)(C)CCC(C)(C)OOC(C)(C)C.CC(C)(C)OOCC(C)(C1CCC(OOC(C)(C)C)CC1)C1CCC(OOC(C)(C)C)(OOC(C)(C)C)CC1. The van der Waals surface area contributed by atoms with Gasteiger partial charge in [0.25, 0.3) is 0 Å². The van der Waals surface area contributed by atoms with Crippen molar-refractivity contribution < 1.29 is 58.7 Å². The maximum atomic E-state index is 6.00. The lowest BCUT2D eigenvalue weighted by Crippen LogP contribution is -2.49. The van der Waals surface area contributed by atoms with E-state index in [1.807, 2.05) is 152 Å². The van der Waals surface area contributed by atoms with Crippen LogP contribution < -0.4 is 0 Å². The molecule has 2 fully saturated rings. The summed E-state index contributed by atoms with van der Waals surface area (Å²) in [6.07, 6.45) is 8.94. The summed E-state index contributed by atoms with van der Waals surface area (Å²) >= 11 is 0. The fourth-order valence-electron chi connectivity index (χ4n) is 6.39. The van der Waals surface area contributed by atoms with Gasteiger partial charge in [0.2, 0.25) is 5.79 Å². The monoisotopic (exact) mass is 851 g/mol. The summed E-state index contributed by atoms with van der Waals surface area (Å²) in [5.41, 5.74) is -3.02. The van der Waals surface area contributed by atoms with Crippen LogP contribution >= 0.6 is 0 Å². The number of hydrogen-bond acceptors (Lipinski definition) is 12. The van der Waals surface area contributed by atoms with Crippen LogP contribution in [0.3, 0.4) is 0 Å². The largest absolute Gasteiger partial charge is 0.236 e. The molecule has 354 valence electrons. The van der Waals surface area contributed by atoms with Gasteiger partial charge >= 0.3 is 0 Å². The molecule has 0 spiro atoms. The van der Waals surface area contributed by atoms with Crippen LogP contribution in [0.25, 0.3) is 0 Å². The zero-order valence-corrected chi connectivity index (χ0v) is 42.4. The van der Waals surface area contributed by atoms with Gasteiger partial charge in [-0.05, 0) is 221 Å². The zero-order valence-electron chi connectivity index (χ0n) is 42.4. The second-order valence-corrected chi connectivity index (χ2v) is 24.5. The molecule has 1 atom stereocenters. The Balaban J connectivity index is 0.000000734. The first-order valence-corrected chi connectivity index (χ1v) is 22.4. The Labute approximate surface area is 361 Å². The van der Waals surface area contributed by atoms with Crippen molar-refractivity contribution in [3.05, 3.63) is 0 Å². The Morgan fingerprint density at radius 1 is 0.373 bits per heavy atom. The Morgan fingerprint density at radius 3 is 1.05 bits per heavy atom. The standard InChI is InChI=1S/C31H60O8.C16H34O4/c1-26(2,3)34-32-22-30(13,23-14-16-25(17-15-23)33-35-27(4,5)6)24-18-20-31(21-19-24,38-36-28(7,8)9)39-37-29(10,11)12;1-13(2,3)17-19-15(7,8)11-12-16(9,10)20-18-14(4,5)6/h23-25H,14-22H2,1-13H3;11-12H2,1-10H3. The fourth-order valence-corrected chi connectivity index (χ4v) is 6.39. The predicted molar refractivity (Wildman–Crippen MR) is 232 cm³/mol. The Kier molecular flexibility index (Phi) is 21.0. The molecule has 0 amide bonds.